The van der Waals surface area contributed by atoms with Gasteiger partial charge in [0.1, 0.15) is 0 Å². The number of hydrogen-bond donors (Lipinski definition) is 3. The Balaban J connectivity index is 0.000000148. The standard InChI is InChI=1S/C3H7NS.HO3P/c1-2-5-3-4-1;1-4(2)3/h4H,1-3H2;(H-,1,2,3)/p+1. The van der Waals surface area contributed by atoms with Gasteiger partial charge in [-0.25, -0.2) is 0 Å². The van der Waals surface area contributed by atoms with Gasteiger partial charge in [0.15, 0.2) is 0 Å². The molecule has 1 saturated heterocycles. The van der Waals surface area contributed by atoms with Crippen molar-refractivity contribution in [1.82, 2.24) is 5.32 Å². The first kappa shape index (κ1) is 9.33. The minimum atomic E-state index is -2.87. The largest absolute Gasteiger partial charge is 0.692 e. The van der Waals surface area contributed by atoms with Crippen molar-refractivity contribution in [3.8, 4) is 0 Å². The molecule has 1 rings (SSSR count). The van der Waals surface area contributed by atoms with Crippen LogP contribution in [-0.2, 0) is 4.57 Å². The lowest BCUT2D eigenvalue weighted by Crippen LogP contribution is -2.04. The zero-order chi connectivity index (χ0) is 7.11. The highest BCUT2D eigenvalue weighted by atomic mass is 32.2. The predicted octanol–water partition coefficient (Wildman–Crippen LogP) is -0.0913. The van der Waals surface area contributed by atoms with Crippen molar-refractivity contribution in [2.24, 2.45) is 0 Å². The van der Waals surface area contributed by atoms with Crippen molar-refractivity contribution in [2.75, 3.05) is 18.2 Å². The molecule has 1 aliphatic rings. The summed E-state index contributed by atoms with van der Waals surface area (Å²) < 4.78 is 8.70. The van der Waals surface area contributed by atoms with Gasteiger partial charge in [-0.3, -0.25) is 0 Å². The second-order valence-electron chi connectivity index (χ2n) is 1.31. The maximum Gasteiger partial charge on any atom is 0.692 e. The van der Waals surface area contributed by atoms with E-state index in [1.54, 1.807) is 0 Å². The van der Waals surface area contributed by atoms with Gasteiger partial charge in [-0.15, -0.1) is 21.5 Å². The number of nitrogens with one attached hydrogen (secondary N) is 1. The third-order valence-electron chi connectivity index (χ3n) is 0.627. The monoisotopic (exact) mass is 170 g/mol. The zero-order valence-electron chi connectivity index (χ0n) is 4.78. The van der Waals surface area contributed by atoms with E-state index >= 15 is 0 Å². The zero-order valence-corrected chi connectivity index (χ0v) is 6.49. The van der Waals surface area contributed by atoms with E-state index in [-0.39, 0.29) is 0 Å². The van der Waals surface area contributed by atoms with Gasteiger partial charge in [0.05, 0.1) is 0 Å². The molecule has 0 aromatic carbocycles. The smallest absolute Gasteiger partial charge is 0.307 e. The minimum absolute atomic E-state index is 1.17. The van der Waals surface area contributed by atoms with E-state index in [1.165, 1.54) is 18.2 Å². The van der Waals surface area contributed by atoms with Crippen LogP contribution in [0.15, 0.2) is 0 Å². The maximum atomic E-state index is 8.70. The first-order chi connectivity index (χ1) is 4.23. The molecule has 54 valence electrons. The van der Waals surface area contributed by atoms with Gasteiger partial charge >= 0.3 is 8.25 Å². The molecule has 1 heterocycles. The summed E-state index contributed by atoms with van der Waals surface area (Å²) in [5, 5.41) is 3.19. The summed E-state index contributed by atoms with van der Waals surface area (Å²) in [6, 6.07) is 0. The molecule has 0 aliphatic carbocycles. The molecule has 0 unspecified atom stereocenters. The highest BCUT2D eigenvalue weighted by molar-refractivity contribution is 7.99. The second kappa shape index (κ2) is 6.45. The Morgan fingerprint density at radius 1 is 1.56 bits per heavy atom. The lowest BCUT2D eigenvalue weighted by Gasteiger charge is -1.74. The van der Waals surface area contributed by atoms with Crippen LogP contribution in [0.5, 0.6) is 0 Å². The number of hydrogen-bond acceptors (Lipinski definition) is 3. The van der Waals surface area contributed by atoms with Crippen molar-refractivity contribution in [3.05, 3.63) is 0 Å². The Hall–Kier alpha value is 0.330. The molecule has 9 heavy (non-hydrogen) atoms. The van der Waals surface area contributed by atoms with Gasteiger partial charge in [0.2, 0.25) is 0 Å². The Morgan fingerprint density at radius 2 is 2.11 bits per heavy atom. The Bertz CT molecular complexity index is 75.5. The molecular formula is C3H9NO3PS+. The van der Waals surface area contributed by atoms with Crippen molar-refractivity contribution in [1.29, 1.82) is 0 Å². The summed E-state index contributed by atoms with van der Waals surface area (Å²) in [6.45, 7) is 1.21. The minimum Gasteiger partial charge on any atom is -0.307 e. The Labute approximate surface area is 58.6 Å². The van der Waals surface area contributed by atoms with E-state index < -0.39 is 8.25 Å². The Kier molecular flexibility index (Phi) is 6.69. The molecular weight excluding hydrogens is 161 g/mol. The van der Waals surface area contributed by atoms with Crippen molar-refractivity contribution in [2.45, 2.75) is 0 Å². The number of rotatable bonds is 0. The second-order valence-corrected chi connectivity index (χ2v) is 2.92. The topological polar surface area (TPSA) is 69.6 Å². The maximum absolute atomic E-state index is 8.70. The molecule has 0 aromatic rings. The fraction of sp³-hybridized carbons (Fsp3) is 1.00. The normalized spacial score (nSPS) is 16.2. The molecule has 0 amide bonds. The molecule has 0 saturated carbocycles. The van der Waals surface area contributed by atoms with Crippen LogP contribution in [0.25, 0.3) is 0 Å². The highest BCUT2D eigenvalue weighted by Crippen LogP contribution is 1.99. The fourth-order valence-corrected chi connectivity index (χ4v) is 1.08. The van der Waals surface area contributed by atoms with Crippen molar-refractivity contribution >= 4 is 20.0 Å². The van der Waals surface area contributed by atoms with Gasteiger partial charge in [-0.2, -0.15) is 0 Å². The predicted molar refractivity (Wildman–Crippen MR) is 37.4 cm³/mol. The summed E-state index contributed by atoms with van der Waals surface area (Å²) in [5.74, 6) is 2.47. The summed E-state index contributed by atoms with van der Waals surface area (Å²) in [5.41, 5.74) is 0. The molecule has 0 spiro atoms. The van der Waals surface area contributed by atoms with Crippen LogP contribution in [-0.4, -0.2) is 28.0 Å². The van der Waals surface area contributed by atoms with E-state index in [0.717, 1.165) is 0 Å². The van der Waals surface area contributed by atoms with Gasteiger partial charge < -0.3 is 5.32 Å². The molecule has 0 radical (unpaired) electrons. The summed E-state index contributed by atoms with van der Waals surface area (Å²) in [7, 11) is -2.87. The van der Waals surface area contributed by atoms with Crippen LogP contribution in [0, 0.1) is 0 Å². The third-order valence-corrected chi connectivity index (χ3v) is 1.53. The Morgan fingerprint density at radius 3 is 2.22 bits per heavy atom. The lowest BCUT2D eigenvalue weighted by atomic mass is 10.8. The molecule has 1 aliphatic heterocycles. The van der Waals surface area contributed by atoms with Crippen LogP contribution in [0.1, 0.15) is 0 Å². The summed E-state index contributed by atoms with van der Waals surface area (Å²) in [4.78, 5) is 14.2. The summed E-state index contributed by atoms with van der Waals surface area (Å²) >= 11 is 1.96. The van der Waals surface area contributed by atoms with Crippen LogP contribution >= 0.6 is 20.0 Å². The fourth-order valence-electron chi connectivity index (χ4n) is 0.361. The van der Waals surface area contributed by atoms with Gasteiger partial charge in [-0.05, 0) is 0 Å². The lowest BCUT2D eigenvalue weighted by molar-refractivity contribution is 0.405. The van der Waals surface area contributed by atoms with Gasteiger partial charge in [-0.1, -0.05) is 0 Å². The molecule has 0 bridgehead atoms. The quantitative estimate of drug-likeness (QED) is 0.443. The van der Waals surface area contributed by atoms with E-state index in [9.17, 15) is 0 Å². The average molecular weight is 170 g/mol. The third kappa shape index (κ3) is 11.7. The van der Waals surface area contributed by atoms with Crippen LogP contribution in [0.2, 0.25) is 0 Å². The SMILES string of the molecule is C1CSCN1.O=[P+](O)O. The first-order valence-electron chi connectivity index (χ1n) is 2.37. The van der Waals surface area contributed by atoms with Crippen LogP contribution in [0.4, 0.5) is 0 Å². The molecule has 1 fully saturated rings. The van der Waals surface area contributed by atoms with Crippen molar-refractivity contribution in [3.63, 3.8) is 0 Å². The molecule has 0 atom stereocenters. The van der Waals surface area contributed by atoms with Crippen molar-refractivity contribution < 1.29 is 14.4 Å². The van der Waals surface area contributed by atoms with Crippen LogP contribution < -0.4 is 5.32 Å². The van der Waals surface area contributed by atoms with E-state index in [0.29, 0.717) is 0 Å². The first-order valence-corrected chi connectivity index (χ1v) is 4.69. The summed E-state index contributed by atoms with van der Waals surface area (Å²) in [6.07, 6.45) is 0. The van der Waals surface area contributed by atoms with Crippen LogP contribution in [0.3, 0.4) is 0 Å². The van der Waals surface area contributed by atoms with E-state index in [2.05, 4.69) is 5.32 Å². The number of thioether (sulfide) groups is 1. The molecule has 3 N–H and O–H groups in total. The highest BCUT2D eigenvalue weighted by Gasteiger charge is 1.93. The average Bonchev–Trinajstić information content (AvgIpc) is 2.11. The van der Waals surface area contributed by atoms with Gasteiger partial charge in [0, 0.05) is 22.7 Å². The molecule has 6 heteroatoms. The van der Waals surface area contributed by atoms with E-state index in [1.807, 2.05) is 11.8 Å². The van der Waals surface area contributed by atoms with Gasteiger partial charge in [0.25, 0.3) is 0 Å². The van der Waals surface area contributed by atoms with E-state index in [4.69, 9.17) is 14.4 Å². The molecule has 0 aromatic heterocycles. The molecule has 4 nitrogen and oxygen atoms in total.